The summed E-state index contributed by atoms with van der Waals surface area (Å²) < 4.78 is 5.22. The van der Waals surface area contributed by atoms with Gasteiger partial charge in [-0.05, 0) is 13.0 Å². The van der Waals surface area contributed by atoms with Crippen molar-refractivity contribution in [2.75, 3.05) is 37.4 Å². The number of aromatic nitrogens is 1. The number of carbonyl (C=O) groups excluding carboxylic acids is 1. The third kappa shape index (κ3) is 3.48. The zero-order valence-corrected chi connectivity index (χ0v) is 11.5. The lowest BCUT2D eigenvalue weighted by Crippen LogP contribution is -2.47. The topological polar surface area (TPSA) is 80.5 Å². The Morgan fingerprint density at radius 1 is 1.58 bits per heavy atom. The van der Waals surface area contributed by atoms with Gasteiger partial charge in [0.1, 0.15) is 11.9 Å². The number of pyridine rings is 1. The SMILES string of the molecule is CC(Nc1ncc(Cl)cc1N)C(=O)N1CCOCC1. The van der Waals surface area contributed by atoms with Gasteiger partial charge < -0.3 is 20.7 Å². The Morgan fingerprint density at radius 3 is 2.89 bits per heavy atom. The Bertz CT molecular complexity index is 463. The summed E-state index contributed by atoms with van der Waals surface area (Å²) in [6, 6.07) is 1.21. The van der Waals surface area contributed by atoms with Crippen molar-refractivity contribution < 1.29 is 9.53 Å². The molecule has 1 aromatic rings. The first-order chi connectivity index (χ1) is 9.08. The molecular weight excluding hydrogens is 268 g/mol. The van der Waals surface area contributed by atoms with Gasteiger partial charge in [-0.1, -0.05) is 11.6 Å². The number of halogens is 1. The van der Waals surface area contributed by atoms with Crippen LogP contribution in [0.2, 0.25) is 5.02 Å². The molecule has 0 spiro atoms. The van der Waals surface area contributed by atoms with E-state index in [1.165, 1.54) is 6.20 Å². The quantitative estimate of drug-likeness (QED) is 0.865. The van der Waals surface area contributed by atoms with Crippen LogP contribution in [0.15, 0.2) is 12.3 Å². The number of hydrogen-bond donors (Lipinski definition) is 2. The van der Waals surface area contributed by atoms with E-state index in [9.17, 15) is 4.79 Å². The van der Waals surface area contributed by atoms with E-state index < -0.39 is 6.04 Å². The maximum absolute atomic E-state index is 12.2. The molecule has 0 aliphatic carbocycles. The van der Waals surface area contributed by atoms with Crippen LogP contribution < -0.4 is 11.1 Å². The van der Waals surface area contributed by atoms with Crippen molar-refractivity contribution in [1.82, 2.24) is 9.88 Å². The minimum absolute atomic E-state index is 0.0134. The van der Waals surface area contributed by atoms with Crippen LogP contribution in [0.3, 0.4) is 0 Å². The molecule has 1 aliphatic heterocycles. The van der Waals surface area contributed by atoms with Gasteiger partial charge in [-0.3, -0.25) is 4.79 Å². The first-order valence-corrected chi connectivity index (χ1v) is 6.50. The number of nitrogens with two attached hydrogens (primary N) is 1. The minimum atomic E-state index is -0.394. The third-order valence-corrected chi connectivity index (χ3v) is 3.14. The number of nitrogens with zero attached hydrogens (tertiary/aromatic N) is 2. The van der Waals surface area contributed by atoms with E-state index in [1.807, 2.05) is 0 Å². The van der Waals surface area contributed by atoms with Gasteiger partial charge in [-0.2, -0.15) is 0 Å². The van der Waals surface area contributed by atoms with Crippen LogP contribution in [-0.2, 0) is 9.53 Å². The van der Waals surface area contributed by atoms with Crippen LogP contribution in [0.25, 0.3) is 0 Å². The monoisotopic (exact) mass is 284 g/mol. The summed E-state index contributed by atoms with van der Waals surface area (Å²) in [4.78, 5) is 18.0. The highest BCUT2D eigenvalue weighted by Gasteiger charge is 2.22. The Balaban J connectivity index is 1.99. The van der Waals surface area contributed by atoms with Gasteiger partial charge in [0.05, 0.1) is 23.9 Å². The van der Waals surface area contributed by atoms with Crippen molar-refractivity contribution in [1.29, 1.82) is 0 Å². The lowest BCUT2D eigenvalue weighted by molar-refractivity contribution is -0.135. The van der Waals surface area contributed by atoms with Gasteiger partial charge >= 0.3 is 0 Å². The van der Waals surface area contributed by atoms with Gasteiger partial charge in [0.15, 0.2) is 0 Å². The number of morpholine rings is 1. The van der Waals surface area contributed by atoms with Crippen molar-refractivity contribution in [3.05, 3.63) is 17.3 Å². The zero-order valence-electron chi connectivity index (χ0n) is 10.7. The molecule has 6 nitrogen and oxygen atoms in total. The molecule has 1 saturated heterocycles. The molecule has 2 rings (SSSR count). The molecule has 3 N–H and O–H groups in total. The van der Waals surface area contributed by atoms with E-state index in [-0.39, 0.29) is 5.91 Å². The molecule has 2 heterocycles. The van der Waals surface area contributed by atoms with Crippen molar-refractivity contribution in [2.24, 2.45) is 0 Å². The molecule has 7 heteroatoms. The molecule has 1 aliphatic rings. The Hall–Kier alpha value is -1.53. The zero-order chi connectivity index (χ0) is 13.8. The second-order valence-electron chi connectivity index (χ2n) is 4.40. The predicted molar refractivity (Wildman–Crippen MR) is 74.1 cm³/mol. The number of ether oxygens (including phenoxy) is 1. The van der Waals surface area contributed by atoms with Crippen LogP contribution in [0, 0.1) is 0 Å². The smallest absolute Gasteiger partial charge is 0.244 e. The fraction of sp³-hybridized carbons (Fsp3) is 0.500. The maximum atomic E-state index is 12.2. The van der Waals surface area contributed by atoms with Gasteiger partial charge in [0.25, 0.3) is 0 Å². The Kier molecular flexibility index (Phi) is 4.44. The van der Waals surface area contributed by atoms with Gasteiger partial charge in [0.2, 0.25) is 5.91 Å². The largest absolute Gasteiger partial charge is 0.396 e. The summed E-state index contributed by atoms with van der Waals surface area (Å²) in [5.74, 6) is 0.484. The van der Waals surface area contributed by atoms with E-state index in [4.69, 9.17) is 22.1 Å². The Morgan fingerprint density at radius 2 is 2.26 bits per heavy atom. The first-order valence-electron chi connectivity index (χ1n) is 6.12. The van der Waals surface area contributed by atoms with Crippen LogP contribution in [-0.4, -0.2) is 48.1 Å². The van der Waals surface area contributed by atoms with Crippen molar-refractivity contribution in [3.8, 4) is 0 Å². The lowest BCUT2D eigenvalue weighted by atomic mass is 10.2. The van der Waals surface area contributed by atoms with Crippen LogP contribution in [0.4, 0.5) is 11.5 Å². The highest BCUT2D eigenvalue weighted by Crippen LogP contribution is 2.20. The maximum Gasteiger partial charge on any atom is 0.244 e. The van der Waals surface area contributed by atoms with Crippen molar-refractivity contribution in [3.63, 3.8) is 0 Å². The van der Waals surface area contributed by atoms with E-state index in [1.54, 1.807) is 17.9 Å². The summed E-state index contributed by atoms with van der Waals surface area (Å²) >= 11 is 5.78. The number of rotatable bonds is 3. The standard InChI is InChI=1S/C12H17ClN4O2/c1-8(12(18)17-2-4-19-5-3-17)16-11-10(14)6-9(13)7-15-11/h6-8H,2-5,14H2,1H3,(H,15,16). The first kappa shape index (κ1) is 13.9. The predicted octanol–water partition coefficient (Wildman–Crippen LogP) is 0.976. The van der Waals surface area contributed by atoms with Crippen LogP contribution in [0.1, 0.15) is 6.92 Å². The molecule has 0 bridgehead atoms. The molecule has 1 fully saturated rings. The summed E-state index contributed by atoms with van der Waals surface area (Å²) in [6.07, 6.45) is 1.49. The molecule has 1 unspecified atom stereocenters. The van der Waals surface area contributed by atoms with Gasteiger partial charge in [0, 0.05) is 19.3 Å². The molecule has 0 saturated carbocycles. The third-order valence-electron chi connectivity index (χ3n) is 2.93. The van der Waals surface area contributed by atoms with E-state index in [0.717, 1.165) is 0 Å². The molecule has 1 amide bonds. The molecule has 1 aromatic heterocycles. The number of amides is 1. The van der Waals surface area contributed by atoms with Crippen molar-refractivity contribution >= 4 is 29.0 Å². The molecule has 104 valence electrons. The Labute approximate surface area is 116 Å². The summed E-state index contributed by atoms with van der Waals surface area (Å²) in [5, 5.41) is 3.48. The van der Waals surface area contributed by atoms with Gasteiger partial charge in [-0.15, -0.1) is 0 Å². The number of anilines is 2. The van der Waals surface area contributed by atoms with E-state index in [0.29, 0.717) is 42.8 Å². The average Bonchev–Trinajstić information content (AvgIpc) is 2.42. The van der Waals surface area contributed by atoms with Crippen LogP contribution >= 0.6 is 11.6 Å². The highest BCUT2D eigenvalue weighted by molar-refractivity contribution is 6.30. The fourth-order valence-electron chi connectivity index (χ4n) is 1.90. The summed E-state index contributed by atoms with van der Waals surface area (Å²) in [5.41, 5.74) is 6.22. The second-order valence-corrected chi connectivity index (χ2v) is 4.83. The summed E-state index contributed by atoms with van der Waals surface area (Å²) in [7, 11) is 0. The average molecular weight is 285 g/mol. The number of nitrogen functional groups attached to an aromatic ring is 1. The normalized spacial score (nSPS) is 17.1. The highest BCUT2D eigenvalue weighted by atomic mass is 35.5. The number of nitrogens with one attached hydrogen (secondary N) is 1. The fourth-order valence-corrected chi connectivity index (χ4v) is 2.07. The van der Waals surface area contributed by atoms with Crippen molar-refractivity contribution in [2.45, 2.75) is 13.0 Å². The molecule has 0 radical (unpaired) electrons. The molecule has 19 heavy (non-hydrogen) atoms. The van der Waals surface area contributed by atoms with E-state index >= 15 is 0 Å². The van der Waals surface area contributed by atoms with Gasteiger partial charge in [-0.25, -0.2) is 4.98 Å². The number of carbonyl (C=O) groups is 1. The number of hydrogen-bond acceptors (Lipinski definition) is 5. The molecule has 0 aromatic carbocycles. The molecular formula is C12H17ClN4O2. The lowest BCUT2D eigenvalue weighted by Gasteiger charge is -2.29. The minimum Gasteiger partial charge on any atom is -0.396 e. The second kappa shape index (κ2) is 6.08. The van der Waals surface area contributed by atoms with E-state index in [2.05, 4.69) is 10.3 Å². The molecule has 1 atom stereocenters. The summed E-state index contributed by atoms with van der Waals surface area (Å²) in [6.45, 7) is 4.19. The van der Waals surface area contributed by atoms with Crippen LogP contribution in [0.5, 0.6) is 0 Å².